The van der Waals surface area contributed by atoms with Crippen LogP contribution >= 0.6 is 38.9 Å². The van der Waals surface area contributed by atoms with Crippen LogP contribution in [0.2, 0.25) is 4.34 Å². The van der Waals surface area contributed by atoms with Crippen LogP contribution < -0.4 is 5.32 Å². The van der Waals surface area contributed by atoms with E-state index < -0.39 is 0 Å². The standard InChI is InChI=1S/C12H10BrClN4S/c1-7(9-3-4-10(14)19-9)15-12-16-11-5-2-8(13)6-18(11)17-12/h2-7H,1H3,(H,15,17). The lowest BCUT2D eigenvalue weighted by atomic mass is 10.3. The molecule has 0 bridgehead atoms. The predicted octanol–water partition coefficient (Wildman–Crippen LogP) is 4.38. The zero-order chi connectivity index (χ0) is 13.4. The topological polar surface area (TPSA) is 42.2 Å². The van der Waals surface area contributed by atoms with Crippen molar-refractivity contribution in [3.05, 3.63) is 44.1 Å². The molecule has 0 amide bonds. The summed E-state index contributed by atoms with van der Waals surface area (Å²) in [7, 11) is 0. The third kappa shape index (κ3) is 2.75. The summed E-state index contributed by atoms with van der Waals surface area (Å²) in [5.74, 6) is 0.607. The fourth-order valence-corrected chi connectivity index (χ4v) is 3.13. The van der Waals surface area contributed by atoms with Crippen LogP contribution in [0, 0.1) is 0 Å². The summed E-state index contributed by atoms with van der Waals surface area (Å²) in [4.78, 5) is 5.58. The molecule has 0 aliphatic heterocycles. The molecule has 3 aromatic heterocycles. The van der Waals surface area contributed by atoms with Gasteiger partial charge in [0, 0.05) is 15.5 Å². The molecule has 1 unspecified atom stereocenters. The van der Waals surface area contributed by atoms with Crippen molar-refractivity contribution in [2.45, 2.75) is 13.0 Å². The number of anilines is 1. The first-order chi connectivity index (χ1) is 9.11. The number of rotatable bonds is 3. The molecule has 0 saturated carbocycles. The molecule has 0 aromatic carbocycles. The summed E-state index contributed by atoms with van der Waals surface area (Å²) in [6.45, 7) is 2.06. The van der Waals surface area contributed by atoms with E-state index in [1.807, 2.05) is 30.5 Å². The SMILES string of the molecule is CC(Nc1nc2ccc(Br)cn2n1)c1ccc(Cl)s1. The van der Waals surface area contributed by atoms with Crippen molar-refractivity contribution < 1.29 is 0 Å². The second-order valence-electron chi connectivity index (χ2n) is 4.09. The number of hydrogen-bond acceptors (Lipinski definition) is 4. The molecule has 0 fully saturated rings. The van der Waals surface area contributed by atoms with Gasteiger partial charge in [0.05, 0.1) is 10.4 Å². The Morgan fingerprint density at radius 1 is 1.37 bits per heavy atom. The minimum atomic E-state index is 0.123. The Balaban J connectivity index is 1.85. The second-order valence-corrected chi connectivity index (χ2v) is 6.76. The van der Waals surface area contributed by atoms with Gasteiger partial charge in [0.1, 0.15) is 0 Å². The van der Waals surface area contributed by atoms with E-state index in [1.54, 1.807) is 15.9 Å². The van der Waals surface area contributed by atoms with E-state index >= 15 is 0 Å². The Hall–Kier alpha value is -1.11. The molecule has 0 radical (unpaired) electrons. The number of thiophene rings is 1. The van der Waals surface area contributed by atoms with Crippen LogP contribution in [0.1, 0.15) is 17.8 Å². The van der Waals surface area contributed by atoms with Gasteiger partial charge in [-0.2, -0.15) is 4.98 Å². The molecule has 7 heteroatoms. The van der Waals surface area contributed by atoms with Gasteiger partial charge in [-0.15, -0.1) is 16.4 Å². The van der Waals surface area contributed by atoms with Crippen molar-refractivity contribution in [3.63, 3.8) is 0 Å². The zero-order valence-electron chi connectivity index (χ0n) is 9.97. The third-order valence-electron chi connectivity index (χ3n) is 2.66. The first-order valence-electron chi connectivity index (χ1n) is 5.65. The van der Waals surface area contributed by atoms with E-state index in [0.717, 1.165) is 19.3 Å². The van der Waals surface area contributed by atoms with Crippen LogP contribution in [-0.4, -0.2) is 14.6 Å². The maximum absolute atomic E-state index is 5.94. The predicted molar refractivity (Wildman–Crippen MR) is 82.1 cm³/mol. The maximum Gasteiger partial charge on any atom is 0.243 e. The van der Waals surface area contributed by atoms with Gasteiger partial charge in [-0.1, -0.05) is 11.6 Å². The number of fused-ring (bicyclic) bond motifs is 1. The molecule has 0 saturated heterocycles. The summed E-state index contributed by atoms with van der Waals surface area (Å²) >= 11 is 10.9. The Morgan fingerprint density at radius 2 is 2.21 bits per heavy atom. The summed E-state index contributed by atoms with van der Waals surface area (Å²) in [5, 5.41) is 7.66. The van der Waals surface area contributed by atoms with Gasteiger partial charge < -0.3 is 5.32 Å². The average Bonchev–Trinajstić information content (AvgIpc) is 2.94. The Labute approximate surface area is 127 Å². The van der Waals surface area contributed by atoms with E-state index in [2.05, 4.69) is 38.3 Å². The van der Waals surface area contributed by atoms with Gasteiger partial charge >= 0.3 is 0 Å². The highest BCUT2D eigenvalue weighted by Gasteiger charge is 2.11. The van der Waals surface area contributed by atoms with E-state index in [1.165, 1.54) is 0 Å². The van der Waals surface area contributed by atoms with Gasteiger partial charge in [-0.05, 0) is 47.1 Å². The van der Waals surface area contributed by atoms with E-state index in [-0.39, 0.29) is 6.04 Å². The van der Waals surface area contributed by atoms with Crippen LogP contribution in [-0.2, 0) is 0 Å². The molecule has 3 heterocycles. The molecular weight excluding hydrogens is 348 g/mol. The molecular formula is C12H10BrClN4S. The molecule has 19 heavy (non-hydrogen) atoms. The number of aromatic nitrogens is 3. The molecule has 0 spiro atoms. The summed E-state index contributed by atoms with van der Waals surface area (Å²) in [5.41, 5.74) is 0.808. The van der Waals surface area contributed by atoms with Crippen molar-refractivity contribution in [1.29, 1.82) is 0 Å². The first kappa shape index (κ1) is 12.9. The molecule has 3 rings (SSSR count). The number of nitrogens with one attached hydrogen (secondary N) is 1. The molecule has 1 atom stereocenters. The fraction of sp³-hybridized carbons (Fsp3) is 0.167. The lowest BCUT2D eigenvalue weighted by Crippen LogP contribution is -2.06. The van der Waals surface area contributed by atoms with E-state index in [9.17, 15) is 0 Å². The van der Waals surface area contributed by atoms with Crippen LogP contribution in [0.15, 0.2) is 34.9 Å². The Kier molecular flexibility index (Phi) is 3.47. The summed E-state index contributed by atoms with van der Waals surface area (Å²) in [6, 6.07) is 7.88. The second kappa shape index (κ2) is 5.11. The number of halogens is 2. The molecule has 4 nitrogen and oxygen atoms in total. The maximum atomic E-state index is 5.94. The molecule has 0 aliphatic carbocycles. The first-order valence-corrected chi connectivity index (χ1v) is 7.64. The molecule has 0 aliphatic rings. The van der Waals surface area contributed by atoms with Crippen molar-refractivity contribution >= 4 is 50.5 Å². The van der Waals surface area contributed by atoms with Crippen LogP contribution in [0.5, 0.6) is 0 Å². The largest absolute Gasteiger partial charge is 0.346 e. The van der Waals surface area contributed by atoms with Gasteiger partial charge in [0.25, 0.3) is 0 Å². The summed E-state index contributed by atoms with van der Waals surface area (Å²) < 4.78 is 3.49. The highest BCUT2D eigenvalue weighted by Crippen LogP contribution is 2.28. The number of pyridine rings is 1. The van der Waals surface area contributed by atoms with Crippen LogP contribution in [0.25, 0.3) is 5.65 Å². The summed E-state index contributed by atoms with van der Waals surface area (Å²) in [6.07, 6.45) is 1.88. The Bertz CT molecular complexity index is 723. The quantitative estimate of drug-likeness (QED) is 0.756. The van der Waals surface area contributed by atoms with Gasteiger partial charge in [-0.3, -0.25) is 0 Å². The minimum absolute atomic E-state index is 0.123. The van der Waals surface area contributed by atoms with Gasteiger partial charge in [0.15, 0.2) is 5.65 Å². The minimum Gasteiger partial charge on any atom is -0.346 e. The Morgan fingerprint density at radius 3 is 2.95 bits per heavy atom. The normalized spacial score (nSPS) is 12.8. The van der Waals surface area contributed by atoms with Gasteiger partial charge in [0.2, 0.25) is 5.95 Å². The molecule has 98 valence electrons. The van der Waals surface area contributed by atoms with Crippen molar-refractivity contribution in [3.8, 4) is 0 Å². The van der Waals surface area contributed by atoms with Crippen molar-refractivity contribution in [1.82, 2.24) is 14.6 Å². The average molecular weight is 358 g/mol. The monoisotopic (exact) mass is 356 g/mol. The molecule has 3 aromatic rings. The molecule has 1 N–H and O–H groups in total. The smallest absolute Gasteiger partial charge is 0.243 e. The van der Waals surface area contributed by atoms with Crippen molar-refractivity contribution in [2.24, 2.45) is 0 Å². The van der Waals surface area contributed by atoms with Gasteiger partial charge in [-0.25, -0.2) is 4.52 Å². The zero-order valence-corrected chi connectivity index (χ0v) is 13.1. The number of hydrogen-bond donors (Lipinski definition) is 1. The number of nitrogens with zero attached hydrogens (tertiary/aromatic N) is 3. The highest BCUT2D eigenvalue weighted by atomic mass is 79.9. The van der Waals surface area contributed by atoms with Crippen LogP contribution in [0.3, 0.4) is 0 Å². The van der Waals surface area contributed by atoms with Crippen LogP contribution in [0.4, 0.5) is 5.95 Å². The highest BCUT2D eigenvalue weighted by molar-refractivity contribution is 9.10. The lowest BCUT2D eigenvalue weighted by Gasteiger charge is -2.09. The third-order valence-corrected chi connectivity index (χ3v) is 4.54. The van der Waals surface area contributed by atoms with E-state index in [4.69, 9.17) is 11.6 Å². The fourth-order valence-electron chi connectivity index (χ4n) is 1.74. The lowest BCUT2D eigenvalue weighted by molar-refractivity contribution is 0.868. The van der Waals surface area contributed by atoms with Crippen molar-refractivity contribution in [2.75, 3.05) is 5.32 Å². The van der Waals surface area contributed by atoms with E-state index in [0.29, 0.717) is 5.95 Å².